The van der Waals surface area contributed by atoms with E-state index in [1.807, 2.05) is 0 Å². The Morgan fingerprint density at radius 1 is 0.414 bits per heavy atom. The molecule has 0 aliphatic rings. The molecule has 0 heterocycles. The second-order valence-corrected chi connectivity index (χ2v) is 8.77. The summed E-state index contributed by atoms with van der Waals surface area (Å²) in [6.07, 6.45) is 0. The first-order valence-corrected chi connectivity index (χ1v) is 9.02. The molecule has 0 aromatic heterocycles. The van der Waals surface area contributed by atoms with Crippen LogP contribution in [-0.2, 0) is 18.9 Å². The summed E-state index contributed by atoms with van der Waals surface area (Å²) in [5, 5.41) is 42.3. The predicted octanol–water partition coefficient (Wildman–Crippen LogP) is -0.913. The van der Waals surface area contributed by atoms with Crippen molar-refractivity contribution in [2.45, 2.75) is 77.8 Å². The van der Waals surface area contributed by atoms with Crippen LogP contribution < -0.4 is 20.4 Å². The molecule has 9 heteroatoms. The molecule has 0 amide bonds. The Balaban J connectivity index is -0.0000000873. The third-order valence-corrected chi connectivity index (χ3v) is 1.97. The van der Waals surface area contributed by atoms with Crippen molar-refractivity contribution in [2.75, 3.05) is 54.9 Å². The summed E-state index contributed by atoms with van der Waals surface area (Å²) in [5.41, 5.74) is -3.69. The molecule has 0 fully saturated rings. The number of methoxy groups -OCH3 is 4. The van der Waals surface area contributed by atoms with Crippen molar-refractivity contribution in [1.29, 1.82) is 0 Å². The first-order chi connectivity index (χ1) is 12.2. The number of hydrogen-bond donors (Lipinski definition) is 0. The Kier molecular flexibility index (Phi) is 29.2. The van der Waals surface area contributed by atoms with Crippen LogP contribution in [0.25, 0.3) is 0 Å². The molecule has 8 nitrogen and oxygen atoms in total. The Labute approximate surface area is 212 Å². The number of ether oxygens (including phenoxy) is 4. The van der Waals surface area contributed by atoms with Crippen LogP contribution in [0, 0.1) is 41.7 Å². The minimum Gasteiger partial charge on any atom is -0.848 e. The van der Waals surface area contributed by atoms with Crippen molar-refractivity contribution in [1.82, 2.24) is 0 Å². The zero-order chi connectivity index (χ0) is 23.7. The van der Waals surface area contributed by atoms with Gasteiger partial charge in [0.1, 0.15) is 0 Å². The van der Waals surface area contributed by atoms with Gasteiger partial charge in [0.15, 0.2) is 0 Å². The van der Waals surface area contributed by atoms with Gasteiger partial charge in [0, 0.05) is 54.9 Å². The quantitative estimate of drug-likeness (QED) is 0.378. The summed E-state index contributed by atoms with van der Waals surface area (Å²) in [7, 11) is 6.11. The molecule has 176 valence electrons. The van der Waals surface area contributed by atoms with Gasteiger partial charge < -0.3 is 39.4 Å². The van der Waals surface area contributed by atoms with E-state index in [0.29, 0.717) is 0 Å². The summed E-state index contributed by atoms with van der Waals surface area (Å²) in [6.45, 7) is 13.9. The largest absolute Gasteiger partial charge is 4.00 e. The van der Waals surface area contributed by atoms with Crippen molar-refractivity contribution >= 4 is 0 Å². The Morgan fingerprint density at radius 3 is 0.517 bits per heavy atom. The van der Waals surface area contributed by atoms with Crippen LogP contribution in [0.2, 0.25) is 0 Å². The van der Waals surface area contributed by atoms with Gasteiger partial charge in [-0.15, -0.1) is 0 Å². The Morgan fingerprint density at radius 2 is 0.517 bits per heavy atom. The van der Waals surface area contributed by atoms with Crippen LogP contribution in [0.1, 0.15) is 55.4 Å². The van der Waals surface area contributed by atoms with Gasteiger partial charge in [0.2, 0.25) is 0 Å². The first kappa shape index (κ1) is 40.4. The fraction of sp³-hybridized carbons (Fsp3) is 1.00. The molecule has 0 spiro atoms. The Bertz CT molecular complexity index is 248. The first-order valence-electron chi connectivity index (χ1n) is 9.02. The number of rotatable bonds is 8. The number of hydrogen-bond acceptors (Lipinski definition) is 8. The predicted molar refractivity (Wildman–Crippen MR) is 104 cm³/mol. The molecule has 0 aliphatic heterocycles. The van der Waals surface area contributed by atoms with Crippen LogP contribution >= 0.6 is 0 Å². The van der Waals surface area contributed by atoms with Crippen LogP contribution in [0.15, 0.2) is 0 Å². The zero-order valence-corrected chi connectivity index (χ0v) is 23.7. The summed E-state index contributed by atoms with van der Waals surface area (Å²) < 4.78 is 18.4. The molecule has 29 heavy (non-hydrogen) atoms. The van der Waals surface area contributed by atoms with E-state index < -0.39 is 22.4 Å². The topological polar surface area (TPSA) is 129 Å². The maximum atomic E-state index is 10.6. The van der Waals surface area contributed by atoms with E-state index in [-0.39, 0.29) is 68.2 Å². The summed E-state index contributed by atoms with van der Waals surface area (Å²) in [6, 6.07) is 0. The fourth-order valence-corrected chi connectivity index (χ4v) is 1.39. The molecule has 0 rings (SSSR count). The Hall–Kier alpha value is 1.06. The molecule has 0 bridgehead atoms. The van der Waals surface area contributed by atoms with Gasteiger partial charge >= 0.3 is 41.7 Å². The van der Waals surface area contributed by atoms with E-state index in [0.717, 1.165) is 0 Å². The third-order valence-electron chi connectivity index (χ3n) is 1.97. The van der Waals surface area contributed by atoms with E-state index >= 15 is 0 Å². The van der Waals surface area contributed by atoms with Crippen LogP contribution in [0.3, 0.4) is 0 Å². The summed E-state index contributed by atoms with van der Waals surface area (Å²) >= 11 is 0. The van der Waals surface area contributed by atoms with Crippen LogP contribution in [-0.4, -0.2) is 77.3 Å². The maximum absolute atomic E-state index is 10.6. The second kappa shape index (κ2) is 20.9. The molecule has 0 saturated carbocycles. The van der Waals surface area contributed by atoms with Crippen molar-refractivity contribution in [3.05, 3.63) is 0 Å². The minimum absolute atomic E-state index is 0. The third kappa shape index (κ3) is 73.1. The molecule has 0 N–H and O–H groups in total. The standard InChI is InChI=1S/4C5H11O2.Ce/c4*1-5(2,6)4-7-3;/h4*4H2,1-3H3;/q4*-1;+4. The molecule has 0 aromatic carbocycles. The summed E-state index contributed by atoms with van der Waals surface area (Å²) in [4.78, 5) is 0. The molecule has 0 radical (unpaired) electrons. The van der Waals surface area contributed by atoms with E-state index in [2.05, 4.69) is 18.9 Å². The van der Waals surface area contributed by atoms with Gasteiger partial charge in [-0.05, 0) is 0 Å². The van der Waals surface area contributed by atoms with Gasteiger partial charge in [0.25, 0.3) is 0 Å². The van der Waals surface area contributed by atoms with Gasteiger partial charge in [-0.3, -0.25) is 0 Å². The average molecular weight is 553 g/mol. The van der Waals surface area contributed by atoms with Gasteiger partial charge in [-0.25, -0.2) is 0 Å². The van der Waals surface area contributed by atoms with Crippen molar-refractivity contribution in [3.8, 4) is 0 Å². The molecule has 0 aromatic rings. The SMILES string of the molecule is COCC(C)(C)[O-].COCC(C)(C)[O-].COCC(C)(C)[O-].COCC(C)(C)[O-].[Ce+4]. The van der Waals surface area contributed by atoms with Crippen LogP contribution in [0.4, 0.5) is 0 Å². The van der Waals surface area contributed by atoms with Crippen molar-refractivity contribution in [3.63, 3.8) is 0 Å². The fourth-order valence-electron chi connectivity index (χ4n) is 1.39. The van der Waals surface area contributed by atoms with E-state index in [4.69, 9.17) is 0 Å². The van der Waals surface area contributed by atoms with Crippen LogP contribution in [0.5, 0.6) is 0 Å². The van der Waals surface area contributed by atoms with E-state index in [1.54, 1.807) is 55.4 Å². The normalized spacial score (nSPS) is 11.6. The van der Waals surface area contributed by atoms with Gasteiger partial charge in [-0.2, -0.15) is 0 Å². The summed E-state index contributed by atoms with van der Waals surface area (Å²) in [5.74, 6) is 0. The second-order valence-electron chi connectivity index (χ2n) is 8.77. The average Bonchev–Trinajstić information content (AvgIpc) is 2.34. The van der Waals surface area contributed by atoms with E-state index in [9.17, 15) is 20.4 Å². The van der Waals surface area contributed by atoms with Gasteiger partial charge in [0.05, 0.1) is 0 Å². The minimum atomic E-state index is -0.922. The molecule has 0 unspecified atom stereocenters. The molecular weight excluding hydrogens is 508 g/mol. The van der Waals surface area contributed by atoms with Gasteiger partial charge in [-0.1, -0.05) is 77.8 Å². The monoisotopic (exact) mass is 552 g/mol. The molecule has 0 aliphatic carbocycles. The molecule has 0 saturated heterocycles. The van der Waals surface area contributed by atoms with Crippen molar-refractivity contribution in [2.24, 2.45) is 0 Å². The van der Waals surface area contributed by atoms with E-state index in [1.165, 1.54) is 28.4 Å². The molecular formula is C20H44CeO8. The zero-order valence-electron chi connectivity index (χ0n) is 20.6. The maximum Gasteiger partial charge on any atom is 4.00 e. The molecule has 0 atom stereocenters. The van der Waals surface area contributed by atoms with Crippen molar-refractivity contribution < 1.29 is 81.1 Å². The smallest absolute Gasteiger partial charge is 0.848 e.